The third kappa shape index (κ3) is 2.88. The Labute approximate surface area is 146 Å². The topological polar surface area (TPSA) is 34.0 Å². The average Bonchev–Trinajstić information content (AvgIpc) is 2.77. The molecular formula is C18H20Cl2N2O. The smallest absolute Gasteiger partial charge is 0.254 e. The average molecular weight is 351 g/mol. The van der Waals surface area contributed by atoms with Gasteiger partial charge in [-0.25, -0.2) is 0 Å². The number of alkyl halides is 2. The number of aryl methyl sites for hydroxylation is 1. The molecule has 1 aliphatic carbocycles. The Morgan fingerprint density at radius 3 is 2.78 bits per heavy atom. The van der Waals surface area contributed by atoms with E-state index in [4.69, 9.17) is 23.2 Å². The minimum Gasteiger partial charge on any atom is -0.348 e. The number of carbonyl (C=O) groups is 1. The Morgan fingerprint density at radius 1 is 1.35 bits per heavy atom. The van der Waals surface area contributed by atoms with Gasteiger partial charge in [-0.05, 0) is 25.8 Å². The predicted octanol–water partition coefficient (Wildman–Crippen LogP) is 4.15. The Morgan fingerprint density at radius 2 is 2.04 bits per heavy atom. The Hall–Kier alpha value is -1.45. The number of halogens is 2. The van der Waals surface area contributed by atoms with Gasteiger partial charge in [0.15, 0.2) is 0 Å². The van der Waals surface area contributed by atoms with Crippen molar-refractivity contribution in [3.63, 3.8) is 0 Å². The quantitative estimate of drug-likeness (QED) is 0.640. The molecule has 1 aliphatic rings. The first kappa shape index (κ1) is 16.4. The molecule has 1 N–H and O–H groups in total. The second-order valence-corrected chi connectivity index (χ2v) is 7.29. The molecule has 0 aliphatic heterocycles. The number of amides is 1. The lowest BCUT2D eigenvalue weighted by Crippen LogP contribution is -2.46. The summed E-state index contributed by atoms with van der Waals surface area (Å²) in [6.07, 6.45) is 1.25. The van der Waals surface area contributed by atoms with Crippen LogP contribution in [0.5, 0.6) is 0 Å². The van der Waals surface area contributed by atoms with Crippen molar-refractivity contribution in [2.45, 2.75) is 36.6 Å². The molecule has 1 fully saturated rings. The predicted molar refractivity (Wildman–Crippen MR) is 96.6 cm³/mol. The van der Waals surface area contributed by atoms with E-state index in [0.29, 0.717) is 18.4 Å². The second-order valence-electron chi connectivity index (χ2n) is 6.20. The molecule has 3 nitrogen and oxygen atoms in total. The fraction of sp³-hybridized carbons (Fsp3) is 0.389. The number of nitrogens with zero attached hydrogens (tertiary/aromatic N) is 1. The highest BCUT2D eigenvalue weighted by atomic mass is 35.5. The Kier molecular flexibility index (Phi) is 4.43. The highest BCUT2D eigenvalue weighted by molar-refractivity contribution is 6.24. The normalized spacial score (nSPS) is 24.9. The van der Waals surface area contributed by atoms with Crippen molar-refractivity contribution in [3.8, 4) is 0 Å². The van der Waals surface area contributed by atoms with Crippen molar-refractivity contribution in [1.29, 1.82) is 0 Å². The summed E-state index contributed by atoms with van der Waals surface area (Å²) < 4.78 is 2.04. The highest BCUT2D eigenvalue weighted by Crippen LogP contribution is 2.31. The molecule has 0 bridgehead atoms. The highest BCUT2D eigenvalue weighted by Gasteiger charge is 2.32. The summed E-state index contributed by atoms with van der Waals surface area (Å²) >= 11 is 12.7. The number of aromatic nitrogens is 1. The van der Waals surface area contributed by atoms with E-state index in [1.807, 2.05) is 42.8 Å². The van der Waals surface area contributed by atoms with Crippen LogP contribution in [-0.2, 0) is 7.05 Å². The van der Waals surface area contributed by atoms with Crippen LogP contribution in [0.4, 0.5) is 0 Å². The first-order valence-corrected chi connectivity index (χ1v) is 8.58. The van der Waals surface area contributed by atoms with E-state index >= 15 is 0 Å². The summed E-state index contributed by atoms with van der Waals surface area (Å²) in [4.78, 5) is 12.8. The van der Waals surface area contributed by atoms with Gasteiger partial charge in [0, 0.05) is 29.7 Å². The van der Waals surface area contributed by atoms with Gasteiger partial charge in [0.05, 0.1) is 16.3 Å². The molecule has 0 radical (unpaired) electrons. The van der Waals surface area contributed by atoms with Crippen LogP contribution in [0, 0.1) is 6.92 Å². The van der Waals surface area contributed by atoms with Crippen LogP contribution in [0.15, 0.2) is 36.4 Å². The van der Waals surface area contributed by atoms with Gasteiger partial charge in [0.2, 0.25) is 0 Å². The third-order valence-corrected chi connectivity index (χ3v) is 5.69. The summed E-state index contributed by atoms with van der Waals surface area (Å²) in [7, 11) is 1.97. The van der Waals surface area contributed by atoms with Crippen molar-refractivity contribution >= 4 is 40.0 Å². The van der Waals surface area contributed by atoms with E-state index in [1.54, 1.807) is 0 Å². The molecule has 1 aromatic heterocycles. The lowest BCUT2D eigenvalue weighted by Gasteiger charge is -2.32. The van der Waals surface area contributed by atoms with E-state index in [1.165, 1.54) is 0 Å². The zero-order valence-electron chi connectivity index (χ0n) is 13.3. The van der Waals surface area contributed by atoms with E-state index < -0.39 is 0 Å². The molecule has 3 rings (SSSR count). The summed E-state index contributed by atoms with van der Waals surface area (Å²) in [5, 5.41) is 3.72. The van der Waals surface area contributed by atoms with Gasteiger partial charge in [-0.2, -0.15) is 0 Å². The minimum atomic E-state index is -0.170. The number of fused-ring (bicyclic) bond motifs is 1. The SMILES string of the molecule is C=C1CC(Cl)C(NC(=O)c2c(C)n(C)c3ccccc23)CC1Cl. The first-order valence-electron chi connectivity index (χ1n) is 7.70. The first-order chi connectivity index (χ1) is 10.9. The van der Waals surface area contributed by atoms with Crippen molar-refractivity contribution in [2.24, 2.45) is 7.05 Å². The van der Waals surface area contributed by atoms with Crippen LogP contribution in [0.1, 0.15) is 28.9 Å². The van der Waals surface area contributed by atoms with E-state index in [2.05, 4.69) is 11.9 Å². The van der Waals surface area contributed by atoms with Gasteiger partial charge in [-0.1, -0.05) is 30.4 Å². The number of hydrogen-bond donors (Lipinski definition) is 1. The molecule has 1 aromatic carbocycles. The minimum absolute atomic E-state index is 0.0914. The van der Waals surface area contributed by atoms with Gasteiger partial charge in [-0.15, -0.1) is 23.2 Å². The van der Waals surface area contributed by atoms with Crippen LogP contribution < -0.4 is 5.32 Å². The monoisotopic (exact) mass is 350 g/mol. The van der Waals surface area contributed by atoms with Crippen LogP contribution in [0.25, 0.3) is 10.9 Å². The molecule has 23 heavy (non-hydrogen) atoms. The summed E-state index contributed by atoms with van der Waals surface area (Å²) in [6.45, 7) is 5.90. The van der Waals surface area contributed by atoms with Gasteiger partial charge in [0.1, 0.15) is 0 Å². The Balaban J connectivity index is 1.90. The molecule has 3 unspecified atom stereocenters. The number of allylic oxidation sites excluding steroid dienone is 1. The summed E-state index contributed by atoms with van der Waals surface area (Å²) in [5.74, 6) is -0.0914. The molecular weight excluding hydrogens is 331 g/mol. The third-order valence-electron chi connectivity index (χ3n) is 4.74. The molecule has 0 saturated heterocycles. The number of carbonyl (C=O) groups excluding carboxylic acids is 1. The standard InChI is InChI=1S/C18H20Cl2N2O/c1-10-8-14(20)15(9-13(10)19)21-18(23)17-11(2)22(3)16-7-5-4-6-12(16)17/h4-7,13-15H,1,8-9H2,2-3H3,(H,21,23). The number of para-hydroxylation sites is 1. The second kappa shape index (κ2) is 6.21. The molecule has 2 aromatic rings. The fourth-order valence-electron chi connectivity index (χ4n) is 3.26. The van der Waals surface area contributed by atoms with Crippen molar-refractivity contribution in [2.75, 3.05) is 0 Å². The van der Waals surface area contributed by atoms with E-state index in [-0.39, 0.29) is 22.7 Å². The molecule has 122 valence electrons. The molecule has 1 heterocycles. The summed E-state index contributed by atoms with van der Waals surface area (Å²) in [6, 6.07) is 7.77. The van der Waals surface area contributed by atoms with Crippen LogP contribution in [0.2, 0.25) is 0 Å². The zero-order valence-corrected chi connectivity index (χ0v) is 14.8. The number of rotatable bonds is 2. The van der Waals surface area contributed by atoms with Crippen LogP contribution in [-0.4, -0.2) is 27.3 Å². The lowest BCUT2D eigenvalue weighted by molar-refractivity contribution is 0.0932. The maximum Gasteiger partial charge on any atom is 0.254 e. The Bertz CT molecular complexity index is 781. The number of nitrogens with one attached hydrogen (secondary N) is 1. The van der Waals surface area contributed by atoms with Crippen LogP contribution >= 0.6 is 23.2 Å². The van der Waals surface area contributed by atoms with Gasteiger partial charge >= 0.3 is 0 Å². The molecule has 5 heteroatoms. The van der Waals surface area contributed by atoms with Crippen LogP contribution in [0.3, 0.4) is 0 Å². The van der Waals surface area contributed by atoms with Gasteiger partial charge in [-0.3, -0.25) is 4.79 Å². The maximum absolute atomic E-state index is 12.8. The summed E-state index contributed by atoms with van der Waals surface area (Å²) in [5.41, 5.74) is 3.64. The molecule has 1 saturated carbocycles. The van der Waals surface area contributed by atoms with Crippen molar-refractivity contribution < 1.29 is 4.79 Å². The fourth-order valence-corrected chi connectivity index (χ4v) is 3.90. The molecule has 0 spiro atoms. The van der Waals surface area contributed by atoms with Crippen molar-refractivity contribution in [3.05, 3.63) is 47.7 Å². The largest absolute Gasteiger partial charge is 0.348 e. The van der Waals surface area contributed by atoms with E-state index in [9.17, 15) is 4.79 Å². The molecule has 3 atom stereocenters. The van der Waals surface area contributed by atoms with Gasteiger partial charge < -0.3 is 9.88 Å². The number of hydrogen-bond acceptors (Lipinski definition) is 1. The number of benzene rings is 1. The lowest BCUT2D eigenvalue weighted by atomic mass is 9.90. The van der Waals surface area contributed by atoms with E-state index in [0.717, 1.165) is 22.2 Å². The van der Waals surface area contributed by atoms with Gasteiger partial charge in [0.25, 0.3) is 5.91 Å². The molecule has 1 amide bonds. The van der Waals surface area contributed by atoms with Crippen molar-refractivity contribution in [1.82, 2.24) is 9.88 Å². The maximum atomic E-state index is 12.8. The zero-order chi connectivity index (χ0) is 16.7.